The Hall–Kier alpha value is -1.00. The van der Waals surface area contributed by atoms with E-state index in [9.17, 15) is 4.79 Å². The topological polar surface area (TPSA) is 42.3 Å². The summed E-state index contributed by atoms with van der Waals surface area (Å²) >= 11 is 7.25. The first-order valence-corrected chi connectivity index (χ1v) is 5.30. The number of aromatic nitrogens is 1. The number of carbonyl (C=O) groups is 1. The fourth-order valence-electron chi connectivity index (χ4n) is 1.14. The van der Waals surface area contributed by atoms with E-state index in [1.165, 1.54) is 11.3 Å². The molecular formula is C9H7ClN2OS. The van der Waals surface area contributed by atoms with Gasteiger partial charge >= 0.3 is 0 Å². The van der Waals surface area contributed by atoms with Crippen LogP contribution in [0.2, 0.25) is 0 Å². The van der Waals surface area contributed by atoms with Gasteiger partial charge in [-0.25, -0.2) is 4.98 Å². The van der Waals surface area contributed by atoms with Crippen LogP contribution >= 0.6 is 22.9 Å². The van der Waals surface area contributed by atoms with E-state index in [1.807, 2.05) is 12.3 Å². The van der Waals surface area contributed by atoms with Crippen LogP contribution in [-0.2, 0) is 4.79 Å². The lowest BCUT2D eigenvalue weighted by Gasteiger charge is -2.10. The highest BCUT2D eigenvalue weighted by molar-refractivity contribution is 7.12. The van der Waals surface area contributed by atoms with E-state index in [4.69, 9.17) is 11.6 Å². The molecule has 0 N–H and O–H groups in total. The molecule has 0 fully saturated rings. The Morgan fingerprint density at radius 3 is 3.00 bits per heavy atom. The zero-order chi connectivity index (χ0) is 10.1. The third-order valence-corrected chi connectivity index (χ3v) is 3.17. The first kappa shape index (κ1) is 9.55. The molecule has 0 saturated carbocycles. The van der Waals surface area contributed by atoms with Crippen LogP contribution < -0.4 is 0 Å². The maximum atomic E-state index is 11.7. The second kappa shape index (κ2) is 3.63. The van der Waals surface area contributed by atoms with Gasteiger partial charge in [0.25, 0.3) is 0 Å². The summed E-state index contributed by atoms with van der Waals surface area (Å²) < 4.78 is 0. The predicted octanol–water partition coefficient (Wildman–Crippen LogP) is 2.03. The van der Waals surface area contributed by atoms with E-state index in [1.54, 1.807) is 6.20 Å². The molecule has 0 aliphatic carbocycles. The third-order valence-electron chi connectivity index (χ3n) is 1.90. The molecule has 0 amide bonds. The van der Waals surface area contributed by atoms with Crippen LogP contribution in [-0.4, -0.2) is 23.0 Å². The maximum absolute atomic E-state index is 11.7. The molecule has 0 bridgehead atoms. The van der Waals surface area contributed by atoms with Crippen LogP contribution in [0.25, 0.3) is 0 Å². The van der Waals surface area contributed by atoms with Crippen molar-refractivity contribution in [2.75, 3.05) is 6.54 Å². The highest BCUT2D eigenvalue weighted by atomic mass is 35.5. The smallest absolute Gasteiger partial charge is 0.225 e. The molecule has 14 heavy (non-hydrogen) atoms. The SMILES string of the molecule is CC1=C(Cl)C(=O)C(c2nccs2)=NC1. The van der Waals surface area contributed by atoms with E-state index < -0.39 is 0 Å². The lowest BCUT2D eigenvalue weighted by atomic mass is 10.1. The molecule has 0 saturated heterocycles. The number of Topliss-reactive ketones (excluding diaryl/α,β-unsaturated/α-hetero) is 1. The van der Waals surface area contributed by atoms with Crippen molar-refractivity contribution < 1.29 is 4.79 Å². The Morgan fingerprint density at radius 1 is 1.57 bits per heavy atom. The van der Waals surface area contributed by atoms with Crippen LogP contribution in [0, 0.1) is 0 Å². The molecule has 72 valence electrons. The van der Waals surface area contributed by atoms with Gasteiger partial charge in [-0.3, -0.25) is 9.79 Å². The van der Waals surface area contributed by atoms with Crippen LogP contribution in [0.5, 0.6) is 0 Å². The first-order valence-electron chi connectivity index (χ1n) is 4.04. The molecule has 2 rings (SSSR count). The zero-order valence-electron chi connectivity index (χ0n) is 7.45. The molecule has 0 radical (unpaired) electrons. The van der Waals surface area contributed by atoms with Gasteiger partial charge in [0.2, 0.25) is 5.78 Å². The van der Waals surface area contributed by atoms with Crippen molar-refractivity contribution in [1.29, 1.82) is 0 Å². The molecular weight excluding hydrogens is 220 g/mol. The number of allylic oxidation sites excluding steroid dienone is 1. The van der Waals surface area contributed by atoms with E-state index in [0.717, 1.165) is 5.57 Å². The molecule has 0 aromatic carbocycles. The van der Waals surface area contributed by atoms with Crippen molar-refractivity contribution in [1.82, 2.24) is 4.98 Å². The summed E-state index contributed by atoms with van der Waals surface area (Å²) in [4.78, 5) is 19.9. The highest BCUT2D eigenvalue weighted by Gasteiger charge is 2.24. The van der Waals surface area contributed by atoms with Gasteiger partial charge < -0.3 is 0 Å². The molecule has 3 nitrogen and oxygen atoms in total. The van der Waals surface area contributed by atoms with Gasteiger partial charge in [-0.05, 0) is 12.5 Å². The molecule has 0 unspecified atom stereocenters. The average molecular weight is 227 g/mol. The number of carbonyl (C=O) groups excluding carboxylic acids is 1. The average Bonchev–Trinajstić information content (AvgIpc) is 2.67. The molecule has 2 heterocycles. The lowest BCUT2D eigenvalue weighted by molar-refractivity contribution is -0.109. The molecule has 1 aromatic heterocycles. The van der Waals surface area contributed by atoms with Gasteiger partial charge in [-0.15, -0.1) is 11.3 Å². The molecule has 1 aliphatic heterocycles. The van der Waals surface area contributed by atoms with Gasteiger partial charge in [-0.2, -0.15) is 0 Å². The van der Waals surface area contributed by atoms with Crippen molar-refractivity contribution in [3.8, 4) is 0 Å². The lowest BCUT2D eigenvalue weighted by Crippen LogP contribution is -2.21. The Bertz CT molecular complexity index is 434. The van der Waals surface area contributed by atoms with E-state index in [0.29, 0.717) is 17.3 Å². The number of ketones is 1. The fourth-order valence-corrected chi connectivity index (χ4v) is 1.93. The van der Waals surface area contributed by atoms with Gasteiger partial charge in [-0.1, -0.05) is 11.6 Å². The monoisotopic (exact) mass is 226 g/mol. The molecule has 0 atom stereocenters. The number of hydrogen-bond acceptors (Lipinski definition) is 4. The third kappa shape index (κ3) is 1.51. The number of aliphatic imine (C=N–C) groups is 1. The van der Waals surface area contributed by atoms with E-state index in [2.05, 4.69) is 9.98 Å². The van der Waals surface area contributed by atoms with Crippen molar-refractivity contribution in [2.24, 2.45) is 4.99 Å². The van der Waals surface area contributed by atoms with Crippen molar-refractivity contribution >= 4 is 34.4 Å². The van der Waals surface area contributed by atoms with Crippen LogP contribution in [0.15, 0.2) is 27.2 Å². The Morgan fingerprint density at radius 2 is 2.36 bits per heavy atom. The van der Waals surface area contributed by atoms with Crippen molar-refractivity contribution in [2.45, 2.75) is 6.92 Å². The van der Waals surface area contributed by atoms with Gasteiger partial charge in [0.05, 0.1) is 11.6 Å². The summed E-state index contributed by atoms with van der Waals surface area (Å²) in [7, 11) is 0. The van der Waals surface area contributed by atoms with Gasteiger partial charge in [0.1, 0.15) is 10.7 Å². The standard InChI is InChI=1S/C9H7ClN2OS/c1-5-4-12-7(8(13)6(5)10)9-11-2-3-14-9/h2-3H,4H2,1H3. The van der Waals surface area contributed by atoms with Crippen LogP contribution in [0.3, 0.4) is 0 Å². The van der Waals surface area contributed by atoms with Crippen molar-refractivity contribution in [3.05, 3.63) is 27.2 Å². The summed E-state index contributed by atoms with van der Waals surface area (Å²) in [5.74, 6) is -0.217. The second-order valence-electron chi connectivity index (χ2n) is 2.93. The highest BCUT2D eigenvalue weighted by Crippen LogP contribution is 2.20. The summed E-state index contributed by atoms with van der Waals surface area (Å²) in [6.07, 6.45) is 1.65. The van der Waals surface area contributed by atoms with Crippen LogP contribution in [0.4, 0.5) is 0 Å². The summed E-state index contributed by atoms with van der Waals surface area (Å²) in [6.45, 7) is 2.29. The number of rotatable bonds is 1. The van der Waals surface area contributed by atoms with E-state index in [-0.39, 0.29) is 10.8 Å². The number of nitrogens with zero attached hydrogens (tertiary/aromatic N) is 2. The minimum atomic E-state index is -0.217. The number of hydrogen-bond donors (Lipinski definition) is 0. The summed E-state index contributed by atoms with van der Waals surface area (Å²) in [5, 5.41) is 2.73. The number of halogens is 1. The largest absolute Gasteiger partial charge is 0.286 e. The van der Waals surface area contributed by atoms with E-state index >= 15 is 0 Å². The molecule has 0 spiro atoms. The Labute approximate surface area is 90.1 Å². The Balaban J connectivity index is 2.38. The maximum Gasteiger partial charge on any atom is 0.225 e. The minimum absolute atomic E-state index is 0.217. The first-order chi connectivity index (χ1) is 6.70. The quantitative estimate of drug-likeness (QED) is 0.735. The van der Waals surface area contributed by atoms with Crippen LogP contribution in [0.1, 0.15) is 11.9 Å². The summed E-state index contributed by atoms with van der Waals surface area (Å²) in [5.41, 5.74) is 1.20. The number of thiazole rings is 1. The Kier molecular flexibility index (Phi) is 2.48. The molecule has 5 heteroatoms. The van der Waals surface area contributed by atoms with Gasteiger partial charge in [0.15, 0.2) is 0 Å². The number of dihydropyridines is 1. The second-order valence-corrected chi connectivity index (χ2v) is 4.20. The fraction of sp³-hybridized carbons (Fsp3) is 0.222. The molecule has 1 aliphatic rings. The molecule has 1 aromatic rings. The summed E-state index contributed by atoms with van der Waals surface area (Å²) in [6, 6.07) is 0. The van der Waals surface area contributed by atoms with Gasteiger partial charge in [0, 0.05) is 11.6 Å². The normalized spacial score (nSPS) is 17.3. The zero-order valence-corrected chi connectivity index (χ0v) is 9.02. The predicted molar refractivity (Wildman–Crippen MR) is 57.1 cm³/mol. The van der Waals surface area contributed by atoms with Crippen molar-refractivity contribution in [3.63, 3.8) is 0 Å². The minimum Gasteiger partial charge on any atom is -0.286 e.